The smallest absolute Gasteiger partial charge is 0.135 e. The number of pyridine rings is 1. The second-order valence-electron chi connectivity index (χ2n) is 9.61. The minimum Gasteiger partial charge on any atom is -0.456 e. The first-order valence-electron chi connectivity index (χ1n) is 12.5. The molecule has 8 rings (SSSR count). The van der Waals surface area contributed by atoms with E-state index in [2.05, 4.69) is 102 Å². The van der Waals surface area contributed by atoms with E-state index in [1.807, 2.05) is 30.6 Å². The molecule has 172 valence electrons. The van der Waals surface area contributed by atoms with Gasteiger partial charge in [0.05, 0.1) is 0 Å². The van der Waals surface area contributed by atoms with E-state index >= 15 is 0 Å². The lowest BCUT2D eigenvalue weighted by Gasteiger charge is -2.18. The number of furan rings is 1. The van der Waals surface area contributed by atoms with Crippen molar-refractivity contribution in [2.45, 2.75) is 0 Å². The first-order valence-corrected chi connectivity index (χ1v) is 12.5. The molecule has 0 aliphatic carbocycles. The largest absolute Gasteiger partial charge is 0.456 e. The van der Waals surface area contributed by atoms with Crippen LogP contribution in [0.15, 0.2) is 132 Å². The number of aromatic nitrogens is 1. The molecule has 0 amide bonds. The molecular weight excluding hydrogens is 450 g/mol. The van der Waals surface area contributed by atoms with Crippen LogP contribution < -0.4 is 0 Å². The fraction of sp³-hybridized carbons (Fsp3) is 0. The molecule has 0 fully saturated rings. The van der Waals surface area contributed by atoms with Crippen molar-refractivity contribution in [3.05, 3.63) is 128 Å². The summed E-state index contributed by atoms with van der Waals surface area (Å²) < 4.78 is 6.12. The zero-order chi connectivity index (χ0) is 24.3. The van der Waals surface area contributed by atoms with Gasteiger partial charge >= 0.3 is 0 Å². The fourth-order valence-electron chi connectivity index (χ4n) is 5.78. The van der Waals surface area contributed by atoms with Crippen LogP contribution in [-0.4, -0.2) is 4.98 Å². The number of benzene rings is 6. The van der Waals surface area contributed by atoms with Crippen LogP contribution in [0.25, 0.3) is 76.9 Å². The van der Waals surface area contributed by atoms with Gasteiger partial charge in [-0.3, -0.25) is 4.98 Å². The molecule has 2 nitrogen and oxygen atoms in total. The standard InChI is InChI=1S/C35H21NO/c1-2-7-32-27(4-1)20-33(37-32)24-10-8-22(9-11-24)30-21-31(23-16-18-36-19-17-23)29-15-13-26-6-3-5-25-12-14-28(30)35(29)34(25)26/h1-21H. The third-order valence-corrected chi connectivity index (χ3v) is 7.54. The summed E-state index contributed by atoms with van der Waals surface area (Å²) in [4.78, 5) is 4.26. The van der Waals surface area contributed by atoms with Gasteiger partial charge in [-0.15, -0.1) is 0 Å². The predicted molar refractivity (Wildman–Crippen MR) is 154 cm³/mol. The van der Waals surface area contributed by atoms with Crippen molar-refractivity contribution >= 4 is 43.3 Å². The van der Waals surface area contributed by atoms with E-state index < -0.39 is 0 Å². The third-order valence-electron chi connectivity index (χ3n) is 7.54. The quantitative estimate of drug-likeness (QED) is 0.240. The Hall–Kier alpha value is -4.95. The van der Waals surface area contributed by atoms with Gasteiger partial charge in [0.2, 0.25) is 0 Å². The summed E-state index contributed by atoms with van der Waals surface area (Å²) in [5.41, 5.74) is 6.81. The van der Waals surface area contributed by atoms with E-state index in [-0.39, 0.29) is 0 Å². The molecule has 0 aliphatic heterocycles. The van der Waals surface area contributed by atoms with Crippen molar-refractivity contribution in [2.75, 3.05) is 0 Å². The molecule has 0 N–H and O–H groups in total. The van der Waals surface area contributed by atoms with Crippen molar-refractivity contribution in [1.29, 1.82) is 0 Å². The first kappa shape index (κ1) is 20.3. The Bertz CT molecular complexity index is 2020. The highest BCUT2D eigenvalue weighted by Crippen LogP contribution is 2.44. The number of hydrogen-bond acceptors (Lipinski definition) is 2. The zero-order valence-corrected chi connectivity index (χ0v) is 20.0. The van der Waals surface area contributed by atoms with Crippen LogP contribution in [0.5, 0.6) is 0 Å². The molecule has 2 aromatic heterocycles. The molecule has 0 radical (unpaired) electrons. The van der Waals surface area contributed by atoms with Crippen LogP contribution in [0.2, 0.25) is 0 Å². The Kier molecular flexibility index (Phi) is 4.26. The van der Waals surface area contributed by atoms with Crippen molar-refractivity contribution < 1.29 is 4.42 Å². The van der Waals surface area contributed by atoms with Crippen LogP contribution in [0.1, 0.15) is 0 Å². The van der Waals surface area contributed by atoms with Crippen molar-refractivity contribution in [2.24, 2.45) is 0 Å². The van der Waals surface area contributed by atoms with Crippen LogP contribution in [0.4, 0.5) is 0 Å². The molecular formula is C35H21NO. The highest BCUT2D eigenvalue weighted by molar-refractivity contribution is 6.28. The summed E-state index contributed by atoms with van der Waals surface area (Å²) in [5, 5.41) is 8.86. The Labute approximate surface area is 213 Å². The number of nitrogens with zero attached hydrogens (tertiary/aromatic N) is 1. The monoisotopic (exact) mass is 471 g/mol. The Morgan fingerprint density at radius 3 is 1.78 bits per heavy atom. The molecule has 0 bridgehead atoms. The van der Waals surface area contributed by atoms with Gasteiger partial charge in [0.1, 0.15) is 11.3 Å². The molecule has 0 saturated carbocycles. The molecule has 2 heterocycles. The molecule has 0 spiro atoms. The highest BCUT2D eigenvalue weighted by Gasteiger charge is 2.17. The van der Waals surface area contributed by atoms with Gasteiger partial charge in [-0.2, -0.15) is 0 Å². The molecule has 0 aliphatic rings. The highest BCUT2D eigenvalue weighted by atomic mass is 16.3. The van der Waals surface area contributed by atoms with Crippen molar-refractivity contribution in [1.82, 2.24) is 4.98 Å². The predicted octanol–water partition coefficient (Wildman–Crippen LogP) is 9.73. The Balaban J connectivity index is 1.38. The van der Waals surface area contributed by atoms with Crippen LogP contribution in [-0.2, 0) is 0 Å². The Morgan fingerprint density at radius 2 is 1.08 bits per heavy atom. The second-order valence-corrected chi connectivity index (χ2v) is 9.61. The second kappa shape index (κ2) is 7.78. The molecule has 2 heteroatoms. The van der Waals surface area contributed by atoms with Crippen LogP contribution >= 0.6 is 0 Å². The van der Waals surface area contributed by atoms with Gasteiger partial charge in [-0.1, -0.05) is 84.9 Å². The van der Waals surface area contributed by atoms with Crippen LogP contribution in [0, 0.1) is 0 Å². The SMILES string of the molecule is c1ccc2oc(-c3ccc(-c4cc(-c5ccncc5)c5ccc6cccc7ccc4c5c67)cc3)cc2c1. The summed E-state index contributed by atoms with van der Waals surface area (Å²) in [6, 6.07) is 41.2. The summed E-state index contributed by atoms with van der Waals surface area (Å²) in [5.74, 6) is 0.889. The lowest BCUT2D eigenvalue weighted by Crippen LogP contribution is -1.91. The maximum atomic E-state index is 6.12. The van der Waals surface area contributed by atoms with E-state index in [4.69, 9.17) is 4.42 Å². The van der Waals surface area contributed by atoms with Gasteiger partial charge in [0.15, 0.2) is 0 Å². The summed E-state index contributed by atoms with van der Waals surface area (Å²) in [7, 11) is 0. The van der Waals surface area contributed by atoms with E-state index in [0.717, 1.165) is 22.3 Å². The van der Waals surface area contributed by atoms with Crippen molar-refractivity contribution in [3.63, 3.8) is 0 Å². The van der Waals surface area contributed by atoms with E-state index in [1.165, 1.54) is 54.6 Å². The average molecular weight is 472 g/mol. The maximum Gasteiger partial charge on any atom is 0.135 e. The number of fused-ring (bicyclic) bond motifs is 1. The van der Waals surface area contributed by atoms with Gasteiger partial charge in [-0.25, -0.2) is 0 Å². The normalized spacial score (nSPS) is 11.8. The molecule has 6 aromatic carbocycles. The van der Waals surface area contributed by atoms with Gasteiger partial charge in [0.25, 0.3) is 0 Å². The third kappa shape index (κ3) is 3.09. The summed E-state index contributed by atoms with van der Waals surface area (Å²) >= 11 is 0. The molecule has 8 aromatic rings. The fourth-order valence-corrected chi connectivity index (χ4v) is 5.78. The topological polar surface area (TPSA) is 26.0 Å². The molecule has 0 unspecified atom stereocenters. The lowest BCUT2D eigenvalue weighted by molar-refractivity contribution is 0.631. The molecule has 37 heavy (non-hydrogen) atoms. The van der Waals surface area contributed by atoms with Crippen molar-refractivity contribution in [3.8, 4) is 33.6 Å². The minimum atomic E-state index is 0.889. The number of rotatable bonds is 3. The van der Waals surface area contributed by atoms with Gasteiger partial charge in [0, 0.05) is 23.3 Å². The lowest BCUT2D eigenvalue weighted by atomic mass is 9.85. The van der Waals surface area contributed by atoms with Crippen LogP contribution in [0.3, 0.4) is 0 Å². The van der Waals surface area contributed by atoms with Gasteiger partial charge in [-0.05, 0) is 84.9 Å². The molecule has 0 saturated heterocycles. The van der Waals surface area contributed by atoms with E-state index in [9.17, 15) is 0 Å². The first-order chi connectivity index (χ1) is 18.3. The molecule has 0 atom stereocenters. The number of hydrogen-bond donors (Lipinski definition) is 0. The Morgan fingerprint density at radius 1 is 0.459 bits per heavy atom. The summed E-state index contributed by atoms with van der Waals surface area (Å²) in [6.07, 6.45) is 3.74. The van der Waals surface area contributed by atoms with E-state index in [0.29, 0.717) is 0 Å². The summed E-state index contributed by atoms with van der Waals surface area (Å²) in [6.45, 7) is 0. The average Bonchev–Trinajstić information content (AvgIpc) is 3.41. The van der Waals surface area contributed by atoms with E-state index in [1.54, 1.807) is 0 Å². The maximum absolute atomic E-state index is 6.12. The minimum absolute atomic E-state index is 0.889. The zero-order valence-electron chi connectivity index (χ0n) is 20.0. The van der Waals surface area contributed by atoms with Gasteiger partial charge < -0.3 is 4.42 Å². The number of para-hydroxylation sites is 1.